The predicted molar refractivity (Wildman–Crippen MR) is 76.9 cm³/mol. The quantitative estimate of drug-likeness (QED) is 0.644. The molecule has 1 aliphatic rings. The summed E-state index contributed by atoms with van der Waals surface area (Å²) >= 11 is 6.18. The standard InChI is InChI=1S/C14H22ClN3O/c1-19-14(6-3-2-4-7-14)13(18-16)9-11-5-8-17-10-12(11)15/h5,8,10,13,18H,2-4,6-7,9,16H2,1H3. The van der Waals surface area contributed by atoms with Gasteiger partial charge in [-0.15, -0.1) is 0 Å². The van der Waals surface area contributed by atoms with Crippen LogP contribution in [-0.2, 0) is 11.2 Å². The third-order valence-corrected chi connectivity index (χ3v) is 4.56. The van der Waals surface area contributed by atoms with Crippen molar-refractivity contribution in [2.75, 3.05) is 7.11 Å². The van der Waals surface area contributed by atoms with E-state index in [0.717, 1.165) is 24.8 Å². The van der Waals surface area contributed by atoms with Crippen LogP contribution in [0.15, 0.2) is 18.5 Å². The van der Waals surface area contributed by atoms with Crippen LogP contribution in [0.2, 0.25) is 5.02 Å². The minimum absolute atomic E-state index is 0.0673. The average molecular weight is 284 g/mol. The van der Waals surface area contributed by atoms with Crippen LogP contribution in [0, 0.1) is 0 Å². The Morgan fingerprint density at radius 1 is 1.47 bits per heavy atom. The second-order valence-electron chi connectivity index (χ2n) is 5.22. The van der Waals surface area contributed by atoms with Crippen molar-refractivity contribution in [2.45, 2.75) is 50.2 Å². The fourth-order valence-corrected chi connectivity index (χ4v) is 3.23. The lowest BCUT2D eigenvalue weighted by Gasteiger charge is -2.42. The van der Waals surface area contributed by atoms with Crippen LogP contribution < -0.4 is 11.3 Å². The number of hydrogen-bond donors (Lipinski definition) is 2. The molecule has 1 heterocycles. The summed E-state index contributed by atoms with van der Waals surface area (Å²) in [4.78, 5) is 4.01. The summed E-state index contributed by atoms with van der Waals surface area (Å²) in [6, 6.07) is 2.01. The Kier molecular flexibility index (Phi) is 5.16. The lowest BCUT2D eigenvalue weighted by molar-refractivity contribution is -0.0673. The van der Waals surface area contributed by atoms with E-state index < -0.39 is 0 Å². The van der Waals surface area contributed by atoms with Gasteiger partial charge in [0.2, 0.25) is 0 Å². The summed E-state index contributed by atoms with van der Waals surface area (Å²) < 4.78 is 5.84. The van der Waals surface area contributed by atoms with Crippen molar-refractivity contribution in [3.05, 3.63) is 29.0 Å². The number of halogens is 1. The molecule has 1 aliphatic carbocycles. The SMILES string of the molecule is COC1(C(Cc2ccncc2Cl)NN)CCCCC1. The van der Waals surface area contributed by atoms with Crippen molar-refractivity contribution in [3.63, 3.8) is 0 Å². The molecule has 106 valence electrons. The Labute approximate surface area is 119 Å². The van der Waals surface area contributed by atoms with E-state index in [1.54, 1.807) is 19.5 Å². The molecule has 3 N–H and O–H groups in total. The molecule has 1 fully saturated rings. The second kappa shape index (κ2) is 6.66. The predicted octanol–water partition coefficient (Wildman–Crippen LogP) is 2.46. The maximum Gasteiger partial charge on any atom is 0.0847 e. The first-order valence-electron chi connectivity index (χ1n) is 6.81. The first kappa shape index (κ1) is 14.7. The van der Waals surface area contributed by atoms with Gasteiger partial charge in [0.15, 0.2) is 0 Å². The highest BCUT2D eigenvalue weighted by atomic mass is 35.5. The van der Waals surface area contributed by atoms with Crippen LogP contribution in [0.4, 0.5) is 0 Å². The van der Waals surface area contributed by atoms with E-state index in [9.17, 15) is 0 Å². The Hall–Kier alpha value is -0.680. The van der Waals surface area contributed by atoms with Crippen molar-refractivity contribution in [1.82, 2.24) is 10.4 Å². The zero-order valence-electron chi connectivity index (χ0n) is 11.4. The number of ether oxygens (including phenoxy) is 1. The molecule has 0 aromatic carbocycles. The minimum Gasteiger partial charge on any atom is -0.377 e. The fraction of sp³-hybridized carbons (Fsp3) is 0.643. The monoisotopic (exact) mass is 283 g/mol. The number of nitrogens with zero attached hydrogens (tertiary/aromatic N) is 1. The average Bonchev–Trinajstić information content (AvgIpc) is 2.47. The molecule has 0 saturated heterocycles. The topological polar surface area (TPSA) is 60.2 Å². The molecular formula is C14H22ClN3O. The Bertz CT molecular complexity index is 407. The molecule has 19 heavy (non-hydrogen) atoms. The molecule has 0 aliphatic heterocycles. The summed E-state index contributed by atoms with van der Waals surface area (Å²) in [6.45, 7) is 0. The van der Waals surface area contributed by atoms with Gasteiger partial charge in [-0.25, -0.2) is 0 Å². The highest BCUT2D eigenvalue weighted by molar-refractivity contribution is 6.31. The largest absolute Gasteiger partial charge is 0.377 e. The zero-order chi connectivity index (χ0) is 13.7. The zero-order valence-corrected chi connectivity index (χ0v) is 12.1. The molecular weight excluding hydrogens is 262 g/mol. The van der Waals surface area contributed by atoms with Gasteiger partial charge in [0.25, 0.3) is 0 Å². The molecule has 4 nitrogen and oxygen atoms in total. The molecule has 1 aromatic rings. The molecule has 1 atom stereocenters. The minimum atomic E-state index is -0.181. The molecule has 5 heteroatoms. The first-order chi connectivity index (χ1) is 9.22. The van der Waals surface area contributed by atoms with E-state index in [0.29, 0.717) is 5.02 Å². The third kappa shape index (κ3) is 3.26. The number of methoxy groups -OCH3 is 1. The molecule has 0 bridgehead atoms. The van der Waals surface area contributed by atoms with Crippen molar-refractivity contribution >= 4 is 11.6 Å². The maximum atomic E-state index is 6.18. The summed E-state index contributed by atoms with van der Waals surface area (Å²) in [5.74, 6) is 5.77. The normalized spacial score (nSPS) is 20.2. The lowest BCUT2D eigenvalue weighted by atomic mass is 9.77. The molecule has 0 radical (unpaired) electrons. The van der Waals surface area contributed by atoms with Gasteiger partial charge < -0.3 is 4.74 Å². The first-order valence-corrected chi connectivity index (χ1v) is 7.19. The molecule has 0 amide bonds. The van der Waals surface area contributed by atoms with Gasteiger partial charge >= 0.3 is 0 Å². The van der Waals surface area contributed by atoms with Gasteiger partial charge in [-0.2, -0.15) is 0 Å². The molecule has 1 aromatic heterocycles. The smallest absolute Gasteiger partial charge is 0.0847 e. The van der Waals surface area contributed by atoms with Crippen LogP contribution in [0.5, 0.6) is 0 Å². The summed E-state index contributed by atoms with van der Waals surface area (Å²) in [6.07, 6.45) is 9.93. The van der Waals surface area contributed by atoms with Crippen LogP contribution >= 0.6 is 11.6 Å². The van der Waals surface area contributed by atoms with Gasteiger partial charge in [-0.3, -0.25) is 16.3 Å². The van der Waals surface area contributed by atoms with Crippen molar-refractivity contribution in [2.24, 2.45) is 5.84 Å². The molecule has 2 rings (SSSR count). The summed E-state index contributed by atoms with van der Waals surface area (Å²) in [7, 11) is 1.78. The lowest BCUT2D eigenvalue weighted by Crippen LogP contribution is -2.56. The van der Waals surface area contributed by atoms with Crippen LogP contribution in [0.25, 0.3) is 0 Å². The summed E-state index contributed by atoms with van der Waals surface area (Å²) in [5.41, 5.74) is 3.81. The van der Waals surface area contributed by atoms with Gasteiger partial charge in [0, 0.05) is 19.5 Å². The van der Waals surface area contributed by atoms with Gasteiger partial charge in [0.1, 0.15) is 0 Å². The number of nitrogens with two attached hydrogens (primary N) is 1. The van der Waals surface area contributed by atoms with E-state index in [1.807, 2.05) is 6.07 Å². The fourth-order valence-electron chi connectivity index (χ4n) is 3.03. The van der Waals surface area contributed by atoms with Crippen molar-refractivity contribution in [3.8, 4) is 0 Å². The number of aromatic nitrogens is 1. The number of nitrogens with one attached hydrogen (secondary N) is 1. The van der Waals surface area contributed by atoms with E-state index in [-0.39, 0.29) is 11.6 Å². The van der Waals surface area contributed by atoms with Gasteiger partial charge in [0.05, 0.1) is 16.7 Å². The van der Waals surface area contributed by atoms with E-state index in [1.165, 1.54) is 19.3 Å². The number of hydrazine groups is 1. The van der Waals surface area contributed by atoms with Crippen LogP contribution in [-0.4, -0.2) is 23.7 Å². The number of rotatable bonds is 5. The van der Waals surface area contributed by atoms with E-state index in [2.05, 4.69) is 10.4 Å². The molecule has 1 saturated carbocycles. The Balaban J connectivity index is 2.17. The van der Waals surface area contributed by atoms with Crippen LogP contribution in [0.3, 0.4) is 0 Å². The van der Waals surface area contributed by atoms with Crippen LogP contribution in [0.1, 0.15) is 37.7 Å². The Morgan fingerprint density at radius 2 is 2.21 bits per heavy atom. The molecule has 0 spiro atoms. The van der Waals surface area contributed by atoms with Crippen molar-refractivity contribution in [1.29, 1.82) is 0 Å². The second-order valence-corrected chi connectivity index (χ2v) is 5.63. The number of pyridine rings is 1. The van der Waals surface area contributed by atoms with Crippen molar-refractivity contribution < 1.29 is 4.74 Å². The van der Waals surface area contributed by atoms with Gasteiger partial charge in [-0.1, -0.05) is 30.9 Å². The third-order valence-electron chi connectivity index (χ3n) is 4.22. The maximum absolute atomic E-state index is 6.18. The van der Waals surface area contributed by atoms with Gasteiger partial charge in [-0.05, 0) is 30.9 Å². The highest BCUT2D eigenvalue weighted by Crippen LogP contribution is 2.35. The Morgan fingerprint density at radius 3 is 2.79 bits per heavy atom. The number of hydrogen-bond acceptors (Lipinski definition) is 4. The molecule has 1 unspecified atom stereocenters. The van der Waals surface area contributed by atoms with E-state index >= 15 is 0 Å². The van der Waals surface area contributed by atoms with E-state index in [4.69, 9.17) is 22.2 Å². The highest BCUT2D eigenvalue weighted by Gasteiger charge is 2.39. The summed E-state index contributed by atoms with van der Waals surface area (Å²) in [5, 5.41) is 0.685.